The predicted octanol–water partition coefficient (Wildman–Crippen LogP) is 2.78. The highest BCUT2D eigenvalue weighted by atomic mass is 127. The van der Waals surface area contributed by atoms with Gasteiger partial charge in [0.05, 0.1) is 6.61 Å². The lowest BCUT2D eigenvalue weighted by molar-refractivity contribution is 0.0914. The summed E-state index contributed by atoms with van der Waals surface area (Å²) in [7, 11) is 1.81. The minimum Gasteiger partial charge on any atom is -0.450 e. The summed E-state index contributed by atoms with van der Waals surface area (Å²) in [6, 6.07) is 0. The van der Waals surface area contributed by atoms with Crippen molar-refractivity contribution in [1.82, 2.24) is 15.1 Å². The summed E-state index contributed by atoms with van der Waals surface area (Å²) in [6.45, 7) is 12.9. The van der Waals surface area contributed by atoms with Crippen LogP contribution in [-0.2, 0) is 4.74 Å². The molecule has 0 bridgehead atoms. The van der Waals surface area contributed by atoms with Gasteiger partial charge in [0.1, 0.15) is 0 Å². The zero-order valence-corrected chi connectivity index (χ0v) is 17.6. The maximum absolute atomic E-state index is 11.7. The highest BCUT2D eigenvalue weighted by Gasteiger charge is 2.23. The molecule has 1 heterocycles. The predicted molar refractivity (Wildman–Crippen MR) is 106 cm³/mol. The summed E-state index contributed by atoms with van der Waals surface area (Å²) in [6.07, 6.45) is 2.11. The second kappa shape index (κ2) is 10.9. The third kappa shape index (κ3) is 8.62. The van der Waals surface area contributed by atoms with Crippen LogP contribution in [0.25, 0.3) is 0 Å². The smallest absolute Gasteiger partial charge is 0.409 e. The van der Waals surface area contributed by atoms with E-state index in [4.69, 9.17) is 4.74 Å². The van der Waals surface area contributed by atoms with Gasteiger partial charge in [-0.15, -0.1) is 24.0 Å². The van der Waals surface area contributed by atoms with Crippen LogP contribution < -0.4 is 5.32 Å². The molecular formula is C16H33IN4O2. The fraction of sp³-hybridized carbons (Fsp3) is 0.875. The molecule has 0 radical (unpaired) electrons. The standard InChI is InChI=1S/C16H32N4O2.HI/c1-6-22-15(21)20-12-10-19(11-13-20)14(17-5)18-9-7-8-16(2,3)4;/h6-13H2,1-5H3,(H,17,18);1H. The number of nitrogens with one attached hydrogen (secondary N) is 1. The highest BCUT2D eigenvalue weighted by Crippen LogP contribution is 2.19. The Morgan fingerprint density at radius 1 is 1.17 bits per heavy atom. The van der Waals surface area contributed by atoms with Crippen LogP contribution in [-0.4, -0.2) is 68.2 Å². The Balaban J connectivity index is 0.00000484. The number of ether oxygens (including phenoxy) is 1. The first-order valence-electron chi connectivity index (χ1n) is 8.24. The summed E-state index contributed by atoms with van der Waals surface area (Å²) in [5.74, 6) is 0.928. The zero-order chi connectivity index (χ0) is 16.6. The molecular weight excluding hydrogens is 407 g/mol. The first-order valence-corrected chi connectivity index (χ1v) is 8.24. The molecule has 1 aliphatic heterocycles. The number of amides is 1. The highest BCUT2D eigenvalue weighted by molar-refractivity contribution is 14.0. The molecule has 0 saturated carbocycles. The Kier molecular flexibility index (Phi) is 10.6. The number of rotatable bonds is 4. The number of halogens is 1. The van der Waals surface area contributed by atoms with Crippen LogP contribution in [0.3, 0.4) is 0 Å². The molecule has 0 aromatic carbocycles. The summed E-state index contributed by atoms with van der Waals surface area (Å²) in [5, 5.41) is 3.42. The minimum atomic E-state index is -0.213. The lowest BCUT2D eigenvalue weighted by atomic mass is 9.91. The third-order valence-electron chi connectivity index (χ3n) is 3.70. The van der Waals surface area contributed by atoms with Crippen LogP contribution in [0, 0.1) is 5.41 Å². The average molecular weight is 440 g/mol. The van der Waals surface area contributed by atoms with Crippen molar-refractivity contribution in [1.29, 1.82) is 0 Å². The molecule has 1 saturated heterocycles. The molecule has 0 atom stereocenters. The Bertz CT molecular complexity index is 375. The van der Waals surface area contributed by atoms with E-state index in [1.165, 1.54) is 6.42 Å². The Hall–Kier alpha value is -0.730. The minimum absolute atomic E-state index is 0. The van der Waals surface area contributed by atoms with Gasteiger partial charge in [-0.3, -0.25) is 4.99 Å². The molecule has 0 aliphatic carbocycles. The lowest BCUT2D eigenvalue weighted by Crippen LogP contribution is -2.54. The van der Waals surface area contributed by atoms with Crippen LogP contribution in [0.4, 0.5) is 4.79 Å². The van der Waals surface area contributed by atoms with Gasteiger partial charge in [0.15, 0.2) is 5.96 Å². The fourth-order valence-electron chi connectivity index (χ4n) is 2.47. The molecule has 136 valence electrons. The second-order valence-electron chi connectivity index (χ2n) is 6.81. The van der Waals surface area contributed by atoms with E-state index in [9.17, 15) is 4.79 Å². The number of nitrogens with zero attached hydrogens (tertiary/aromatic N) is 3. The van der Waals surface area contributed by atoms with Gasteiger partial charge in [-0.25, -0.2) is 4.79 Å². The van der Waals surface area contributed by atoms with Crippen molar-refractivity contribution in [2.45, 2.75) is 40.5 Å². The quantitative estimate of drug-likeness (QED) is 0.316. The topological polar surface area (TPSA) is 57.2 Å². The summed E-state index contributed by atoms with van der Waals surface area (Å²) in [5.41, 5.74) is 0.371. The number of aliphatic imine (C=N–C) groups is 1. The monoisotopic (exact) mass is 440 g/mol. The zero-order valence-electron chi connectivity index (χ0n) is 15.2. The van der Waals surface area contributed by atoms with Gasteiger partial charge in [-0.05, 0) is 25.2 Å². The van der Waals surface area contributed by atoms with Crippen molar-refractivity contribution in [2.24, 2.45) is 10.4 Å². The van der Waals surface area contributed by atoms with Gasteiger partial charge >= 0.3 is 6.09 Å². The Morgan fingerprint density at radius 3 is 2.22 bits per heavy atom. The van der Waals surface area contributed by atoms with Crippen LogP contribution in [0.2, 0.25) is 0 Å². The molecule has 23 heavy (non-hydrogen) atoms. The summed E-state index contributed by atoms with van der Waals surface area (Å²) in [4.78, 5) is 20.0. The fourth-order valence-corrected chi connectivity index (χ4v) is 2.47. The molecule has 0 aromatic rings. The average Bonchev–Trinajstić information content (AvgIpc) is 2.47. The SMILES string of the molecule is CCOC(=O)N1CCN(C(=NC)NCCCC(C)(C)C)CC1.I. The third-order valence-corrected chi connectivity index (χ3v) is 3.70. The number of carbonyl (C=O) groups excluding carboxylic acids is 1. The van der Waals surface area contributed by atoms with E-state index in [0.717, 1.165) is 32.0 Å². The first-order chi connectivity index (χ1) is 10.4. The first kappa shape index (κ1) is 22.3. The van der Waals surface area contributed by atoms with Gasteiger partial charge in [0.2, 0.25) is 0 Å². The largest absolute Gasteiger partial charge is 0.450 e. The molecule has 1 N–H and O–H groups in total. The van der Waals surface area contributed by atoms with Crippen LogP contribution in [0.1, 0.15) is 40.5 Å². The molecule has 1 amide bonds. The van der Waals surface area contributed by atoms with Crippen LogP contribution in [0.5, 0.6) is 0 Å². The van der Waals surface area contributed by atoms with Crippen LogP contribution in [0.15, 0.2) is 4.99 Å². The molecule has 1 fully saturated rings. The van der Waals surface area contributed by atoms with Gasteiger partial charge in [0, 0.05) is 39.8 Å². The van der Waals surface area contributed by atoms with Crippen molar-refractivity contribution in [3.8, 4) is 0 Å². The van der Waals surface area contributed by atoms with E-state index in [-0.39, 0.29) is 30.1 Å². The number of carbonyl (C=O) groups is 1. The molecule has 6 nitrogen and oxygen atoms in total. The molecule has 0 unspecified atom stereocenters. The summed E-state index contributed by atoms with van der Waals surface area (Å²) < 4.78 is 5.04. The van der Waals surface area contributed by atoms with Gasteiger partial charge in [-0.2, -0.15) is 0 Å². The van der Waals surface area contributed by atoms with E-state index in [1.54, 1.807) is 4.90 Å². The van der Waals surface area contributed by atoms with Crippen LogP contribution >= 0.6 is 24.0 Å². The lowest BCUT2D eigenvalue weighted by Gasteiger charge is -2.36. The molecule has 0 spiro atoms. The number of piperazine rings is 1. The summed E-state index contributed by atoms with van der Waals surface area (Å²) >= 11 is 0. The van der Waals surface area contributed by atoms with E-state index in [2.05, 4.69) is 36.0 Å². The van der Waals surface area contributed by atoms with Gasteiger partial charge in [-0.1, -0.05) is 20.8 Å². The second-order valence-corrected chi connectivity index (χ2v) is 6.81. The maximum Gasteiger partial charge on any atom is 0.409 e. The maximum atomic E-state index is 11.7. The Labute approximate surface area is 158 Å². The van der Waals surface area contributed by atoms with E-state index < -0.39 is 0 Å². The number of hydrogen-bond acceptors (Lipinski definition) is 3. The number of guanidine groups is 1. The van der Waals surface area contributed by atoms with Gasteiger partial charge in [0.25, 0.3) is 0 Å². The van der Waals surface area contributed by atoms with Crippen molar-refractivity contribution >= 4 is 36.0 Å². The van der Waals surface area contributed by atoms with E-state index in [1.807, 2.05) is 14.0 Å². The van der Waals surface area contributed by atoms with Crippen molar-refractivity contribution in [3.63, 3.8) is 0 Å². The van der Waals surface area contributed by atoms with Crippen molar-refractivity contribution < 1.29 is 9.53 Å². The van der Waals surface area contributed by atoms with E-state index >= 15 is 0 Å². The normalized spacial score (nSPS) is 16.0. The molecule has 1 rings (SSSR count). The molecule has 0 aromatic heterocycles. The molecule has 7 heteroatoms. The Morgan fingerprint density at radius 2 is 1.74 bits per heavy atom. The van der Waals surface area contributed by atoms with Gasteiger partial charge < -0.3 is 19.9 Å². The van der Waals surface area contributed by atoms with E-state index in [0.29, 0.717) is 25.1 Å². The molecule has 1 aliphatic rings. The van der Waals surface area contributed by atoms with Crippen molar-refractivity contribution in [2.75, 3.05) is 46.4 Å². The van der Waals surface area contributed by atoms with Crippen molar-refractivity contribution in [3.05, 3.63) is 0 Å². The number of hydrogen-bond donors (Lipinski definition) is 1.